The highest BCUT2D eigenvalue weighted by molar-refractivity contribution is 5.44. The molecule has 4 heteroatoms. The summed E-state index contributed by atoms with van der Waals surface area (Å²) in [5, 5.41) is 8.88. The fourth-order valence-electron chi connectivity index (χ4n) is 2.44. The number of aryl methyl sites for hydroxylation is 1. The molecule has 0 saturated carbocycles. The first-order chi connectivity index (χ1) is 9.26. The lowest BCUT2D eigenvalue weighted by Gasteiger charge is -2.29. The van der Waals surface area contributed by atoms with Crippen LogP contribution in [0.1, 0.15) is 22.4 Å². The lowest BCUT2D eigenvalue weighted by Crippen LogP contribution is -2.31. The van der Waals surface area contributed by atoms with Gasteiger partial charge in [-0.2, -0.15) is 5.26 Å². The highest BCUT2D eigenvalue weighted by Crippen LogP contribution is 2.23. The molecule has 1 aromatic carbocycles. The van der Waals surface area contributed by atoms with E-state index in [-0.39, 0.29) is 0 Å². The van der Waals surface area contributed by atoms with Gasteiger partial charge in [0.25, 0.3) is 0 Å². The van der Waals surface area contributed by atoms with Crippen molar-refractivity contribution in [3.63, 3.8) is 0 Å². The molecule has 0 saturated heterocycles. The molecule has 0 aliphatic carbocycles. The van der Waals surface area contributed by atoms with E-state index in [2.05, 4.69) is 40.0 Å². The molecule has 0 bridgehead atoms. The van der Waals surface area contributed by atoms with E-state index >= 15 is 0 Å². The molecule has 1 aromatic heterocycles. The minimum Gasteiger partial charge on any atom is -0.351 e. The van der Waals surface area contributed by atoms with Gasteiger partial charge in [-0.25, -0.2) is 4.98 Å². The zero-order valence-corrected chi connectivity index (χ0v) is 10.8. The summed E-state index contributed by atoms with van der Waals surface area (Å²) in [5.41, 5.74) is 4.42. The van der Waals surface area contributed by atoms with Gasteiger partial charge >= 0.3 is 0 Å². The van der Waals surface area contributed by atoms with Crippen molar-refractivity contribution in [2.24, 2.45) is 0 Å². The average molecular weight is 250 g/mol. The zero-order chi connectivity index (χ0) is 13.2. The molecule has 0 radical (unpaired) electrons. The van der Waals surface area contributed by atoms with Gasteiger partial charge in [0.05, 0.1) is 12.4 Å². The number of fused-ring (bicyclic) bond motifs is 1. The number of aromatic nitrogens is 2. The summed E-state index contributed by atoms with van der Waals surface area (Å²) in [6.07, 6.45) is 4.22. The maximum Gasteiger partial charge on any atom is 0.161 e. The summed E-state index contributed by atoms with van der Waals surface area (Å²) in [6, 6.07) is 8.60. The van der Waals surface area contributed by atoms with Crippen molar-refractivity contribution in [3.8, 4) is 6.07 Å². The quantitative estimate of drug-likeness (QED) is 0.778. The smallest absolute Gasteiger partial charge is 0.161 e. The Bertz CT molecular complexity index is 657. The highest BCUT2D eigenvalue weighted by Gasteiger charge is 2.17. The van der Waals surface area contributed by atoms with Crippen molar-refractivity contribution in [1.29, 1.82) is 5.26 Å². The molecule has 0 fully saturated rings. The van der Waals surface area contributed by atoms with Gasteiger partial charge in [0.1, 0.15) is 11.9 Å². The summed E-state index contributed by atoms with van der Waals surface area (Å²) in [5.74, 6) is 0.783. The van der Waals surface area contributed by atoms with E-state index in [9.17, 15) is 0 Å². The minimum absolute atomic E-state index is 0.368. The molecule has 1 aliphatic heterocycles. The third-order valence-electron chi connectivity index (χ3n) is 3.43. The Morgan fingerprint density at radius 3 is 3.00 bits per heavy atom. The van der Waals surface area contributed by atoms with Crippen LogP contribution in [0.5, 0.6) is 0 Å². The van der Waals surface area contributed by atoms with Gasteiger partial charge in [0.2, 0.25) is 0 Å². The maximum absolute atomic E-state index is 8.88. The maximum atomic E-state index is 8.88. The van der Waals surface area contributed by atoms with E-state index in [4.69, 9.17) is 5.26 Å². The molecule has 0 spiro atoms. The third-order valence-corrected chi connectivity index (χ3v) is 3.43. The van der Waals surface area contributed by atoms with Gasteiger partial charge in [0.15, 0.2) is 5.69 Å². The fraction of sp³-hybridized carbons (Fsp3) is 0.267. The number of hydrogen-bond donors (Lipinski definition) is 0. The van der Waals surface area contributed by atoms with Crippen LogP contribution in [0.25, 0.3) is 0 Å². The van der Waals surface area contributed by atoms with Gasteiger partial charge in [0, 0.05) is 13.1 Å². The average Bonchev–Trinajstić information content (AvgIpc) is 2.46. The molecule has 0 amide bonds. The molecule has 2 aromatic rings. The van der Waals surface area contributed by atoms with E-state index in [1.54, 1.807) is 6.20 Å². The molecule has 1 aliphatic rings. The number of anilines is 1. The van der Waals surface area contributed by atoms with Gasteiger partial charge in [-0.3, -0.25) is 4.98 Å². The largest absolute Gasteiger partial charge is 0.351 e. The molecular weight excluding hydrogens is 236 g/mol. The topological polar surface area (TPSA) is 52.8 Å². The first-order valence-electron chi connectivity index (χ1n) is 6.32. The van der Waals surface area contributed by atoms with Crippen LogP contribution < -0.4 is 4.90 Å². The van der Waals surface area contributed by atoms with Crippen molar-refractivity contribution in [2.75, 3.05) is 11.4 Å². The summed E-state index contributed by atoms with van der Waals surface area (Å²) in [7, 11) is 0. The predicted octanol–water partition coefficient (Wildman–Crippen LogP) is 2.22. The highest BCUT2D eigenvalue weighted by atomic mass is 15.2. The second-order valence-electron chi connectivity index (χ2n) is 4.82. The standard InChI is InChI=1S/C15H14N4/c1-11-2-3-13-10-19(5-4-12(13)6-11)15-9-17-8-14(7-16)18-15/h2-3,6,8-9H,4-5,10H2,1H3. The van der Waals surface area contributed by atoms with Crippen molar-refractivity contribution < 1.29 is 0 Å². The number of nitrogens with zero attached hydrogens (tertiary/aromatic N) is 4. The van der Waals surface area contributed by atoms with E-state index in [1.165, 1.54) is 22.9 Å². The molecule has 3 rings (SSSR count). The van der Waals surface area contributed by atoms with Crippen LogP contribution in [0.4, 0.5) is 5.82 Å². The van der Waals surface area contributed by atoms with Crippen LogP contribution in [0.15, 0.2) is 30.6 Å². The molecule has 0 atom stereocenters. The summed E-state index contributed by atoms with van der Waals surface area (Å²) < 4.78 is 0. The van der Waals surface area contributed by atoms with Gasteiger partial charge in [-0.15, -0.1) is 0 Å². The van der Waals surface area contributed by atoms with Crippen LogP contribution in [-0.4, -0.2) is 16.5 Å². The van der Waals surface area contributed by atoms with E-state index in [1.807, 2.05) is 6.07 Å². The Hall–Kier alpha value is -2.41. The molecule has 19 heavy (non-hydrogen) atoms. The van der Waals surface area contributed by atoms with Crippen LogP contribution in [0, 0.1) is 18.3 Å². The second kappa shape index (κ2) is 4.69. The normalized spacial score (nSPS) is 13.8. The number of nitriles is 1. The Morgan fingerprint density at radius 2 is 2.16 bits per heavy atom. The third kappa shape index (κ3) is 2.27. The Balaban J connectivity index is 1.89. The molecule has 4 nitrogen and oxygen atoms in total. The number of hydrogen-bond acceptors (Lipinski definition) is 4. The fourth-order valence-corrected chi connectivity index (χ4v) is 2.44. The van der Waals surface area contributed by atoms with Crippen molar-refractivity contribution >= 4 is 5.82 Å². The summed E-state index contributed by atoms with van der Waals surface area (Å²) in [4.78, 5) is 10.6. The van der Waals surface area contributed by atoms with Crippen LogP contribution in [-0.2, 0) is 13.0 Å². The molecule has 0 unspecified atom stereocenters. The van der Waals surface area contributed by atoms with Crippen LogP contribution in [0.3, 0.4) is 0 Å². The molecule has 2 heterocycles. The lowest BCUT2D eigenvalue weighted by atomic mass is 9.98. The van der Waals surface area contributed by atoms with E-state index < -0.39 is 0 Å². The van der Waals surface area contributed by atoms with Gasteiger partial charge < -0.3 is 4.90 Å². The lowest BCUT2D eigenvalue weighted by molar-refractivity contribution is 0.717. The van der Waals surface area contributed by atoms with Crippen molar-refractivity contribution in [2.45, 2.75) is 19.9 Å². The Morgan fingerprint density at radius 1 is 1.26 bits per heavy atom. The van der Waals surface area contributed by atoms with Crippen molar-refractivity contribution in [3.05, 3.63) is 53.0 Å². The first-order valence-corrected chi connectivity index (χ1v) is 6.32. The SMILES string of the molecule is Cc1ccc2c(c1)CCN(c1cncc(C#N)n1)C2. The second-order valence-corrected chi connectivity index (χ2v) is 4.82. The zero-order valence-electron chi connectivity index (χ0n) is 10.8. The van der Waals surface area contributed by atoms with Crippen LogP contribution >= 0.6 is 0 Å². The monoisotopic (exact) mass is 250 g/mol. The van der Waals surface area contributed by atoms with Crippen LogP contribution in [0.2, 0.25) is 0 Å². The summed E-state index contributed by atoms with van der Waals surface area (Å²) in [6.45, 7) is 3.87. The molecule has 94 valence electrons. The van der Waals surface area contributed by atoms with E-state index in [0.29, 0.717) is 5.69 Å². The Labute approximate surface area is 112 Å². The Kier molecular flexibility index (Phi) is 2.88. The number of rotatable bonds is 1. The van der Waals surface area contributed by atoms with Gasteiger partial charge in [-0.1, -0.05) is 23.8 Å². The minimum atomic E-state index is 0.368. The summed E-state index contributed by atoms with van der Waals surface area (Å²) >= 11 is 0. The number of benzene rings is 1. The molecular formula is C15H14N4. The van der Waals surface area contributed by atoms with Gasteiger partial charge in [-0.05, 0) is 24.5 Å². The van der Waals surface area contributed by atoms with Crippen molar-refractivity contribution in [1.82, 2.24) is 9.97 Å². The molecule has 0 N–H and O–H groups in total. The first kappa shape index (κ1) is 11.7. The van der Waals surface area contributed by atoms with E-state index in [0.717, 1.165) is 25.3 Å². The predicted molar refractivity (Wildman–Crippen MR) is 72.7 cm³/mol.